The average molecular weight is 354 g/mol. The monoisotopic (exact) mass is 354 g/mol. The van der Waals surface area contributed by atoms with Crippen molar-refractivity contribution in [1.29, 1.82) is 0 Å². The topological polar surface area (TPSA) is 95.3 Å². The molecule has 0 bridgehead atoms. The summed E-state index contributed by atoms with van der Waals surface area (Å²) in [6, 6.07) is 11.2. The molecule has 0 saturated heterocycles. The molecule has 0 saturated carbocycles. The van der Waals surface area contributed by atoms with E-state index in [1.54, 1.807) is 33.5 Å². The number of aromatic nitrogens is 3. The molecule has 7 nitrogen and oxygen atoms in total. The summed E-state index contributed by atoms with van der Waals surface area (Å²) in [7, 11) is 4.70. The Bertz CT molecular complexity index is 865. The average Bonchev–Trinajstić information content (AvgIpc) is 3.17. The van der Waals surface area contributed by atoms with Crippen molar-refractivity contribution >= 4 is 0 Å². The molecule has 1 aromatic heterocycles. The number of hydrogen-bond donors (Lipinski definition) is 2. The fraction of sp³-hybridized carbons (Fsp3) is 0.263. The van der Waals surface area contributed by atoms with Gasteiger partial charge >= 0.3 is 0 Å². The Labute approximate surface area is 152 Å². The van der Waals surface area contributed by atoms with Gasteiger partial charge in [0.05, 0.1) is 27.4 Å². The largest absolute Gasteiger partial charge is 0.493 e. The molecule has 7 heteroatoms. The van der Waals surface area contributed by atoms with Gasteiger partial charge in [0.2, 0.25) is 5.75 Å². The summed E-state index contributed by atoms with van der Waals surface area (Å²) in [5.74, 6) is 2.68. The van der Waals surface area contributed by atoms with E-state index in [0.29, 0.717) is 28.9 Å². The normalized spacial score (nSPS) is 11.9. The lowest BCUT2D eigenvalue weighted by molar-refractivity contribution is 0.324. The molecule has 0 aliphatic carbocycles. The molecule has 26 heavy (non-hydrogen) atoms. The Hall–Kier alpha value is -3.06. The highest BCUT2D eigenvalue weighted by Crippen LogP contribution is 2.40. The number of nitrogens with zero attached hydrogens (tertiary/aromatic N) is 2. The van der Waals surface area contributed by atoms with E-state index in [0.717, 1.165) is 11.1 Å². The number of nitrogens with two attached hydrogens (primary N) is 1. The van der Waals surface area contributed by atoms with Crippen LogP contribution in [0.4, 0.5) is 0 Å². The van der Waals surface area contributed by atoms with Crippen molar-refractivity contribution in [2.24, 2.45) is 5.73 Å². The summed E-state index contributed by atoms with van der Waals surface area (Å²) < 4.78 is 16.1. The van der Waals surface area contributed by atoms with E-state index in [-0.39, 0.29) is 6.04 Å². The van der Waals surface area contributed by atoms with Crippen molar-refractivity contribution in [1.82, 2.24) is 15.2 Å². The number of hydrogen-bond acceptors (Lipinski definition) is 6. The quantitative estimate of drug-likeness (QED) is 0.707. The fourth-order valence-corrected chi connectivity index (χ4v) is 2.68. The zero-order chi connectivity index (χ0) is 18.7. The van der Waals surface area contributed by atoms with Gasteiger partial charge < -0.3 is 19.9 Å². The fourth-order valence-electron chi connectivity index (χ4n) is 2.68. The Kier molecular flexibility index (Phi) is 5.09. The van der Waals surface area contributed by atoms with E-state index >= 15 is 0 Å². The van der Waals surface area contributed by atoms with Gasteiger partial charge in [-0.3, -0.25) is 5.10 Å². The maximum atomic E-state index is 6.31. The van der Waals surface area contributed by atoms with Crippen LogP contribution in [-0.2, 0) is 0 Å². The van der Waals surface area contributed by atoms with Crippen LogP contribution in [0.25, 0.3) is 11.4 Å². The lowest BCUT2D eigenvalue weighted by Gasteiger charge is -2.13. The number of benzene rings is 2. The molecule has 0 fully saturated rings. The Morgan fingerprint density at radius 2 is 1.58 bits per heavy atom. The third kappa shape index (κ3) is 3.34. The van der Waals surface area contributed by atoms with E-state index in [4.69, 9.17) is 19.9 Å². The SMILES string of the molecule is COc1cc(-c2n[nH]c([C@H](N)c3ccc(C)cc3)n2)cc(OC)c1OC. The van der Waals surface area contributed by atoms with Gasteiger partial charge in [-0.1, -0.05) is 29.8 Å². The predicted molar refractivity (Wildman–Crippen MR) is 98.7 cm³/mol. The maximum absolute atomic E-state index is 6.31. The molecule has 2 aromatic carbocycles. The molecule has 136 valence electrons. The summed E-state index contributed by atoms with van der Waals surface area (Å²) in [6.07, 6.45) is 0. The molecule has 1 heterocycles. The van der Waals surface area contributed by atoms with Crippen molar-refractivity contribution in [2.45, 2.75) is 13.0 Å². The molecule has 1 atom stereocenters. The van der Waals surface area contributed by atoms with Crippen LogP contribution in [0, 0.1) is 6.92 Å². The van der Waals surface area contributed by atoms with Crippen LogP contribution in [0.1, 0.15) is 23.0 Å². The van der Waals surface area contributed by atoms with Gasteiger partial charge in [0.1, 0.15) is 5.82 Å². The van der Waals surface area contributed by atoms with Crippen LogP contribution in [0.15, 0.2) is 36.4 Å². The molecule has 0 amide bonds. The molecule has 0 spiro atoms. The van der Waals surface area contributed by atoms with Gasteiger partial charge in [-0.25, -0.2) is 4.98 Å². The van der Waals surface area contributed by atoms with Crippen LogP contribution < -0.4 is 19.9 Å². The van der Waals surface area contributed by atoms with Crippen molar-refractivity contribution in [3.05, 3.63) is 53.3 Å². The van der Waals surface area contributed by atoms with E-state index in [2.05, 4.69) is 15.2 Å². The Morgan fingerprint density at radius 3 is 2.12 bits per heavy atom. The van der Waals surface area contributed by atoms with Crippen molar-refractivity contribution < 1.29 is 14.2 Å². The summed E-state index contributed by atoms with van der Waals surface area (Å²) in [4.78, 5) is 4.54. The van der Waals surface area contributed by atoms with E-state index in [9.17, 15) is 0 Å². The first-order valence-corrected chi connectivity index (χ1v) is 8.12. The van der Waals surface area contributed by atoms with Crippen molar-refractivity contribution in [3.8, 4) is 28.6 Å². The van der Waals surface area contributed by atoms with Gasteiger partial charge in [-0.15, -0.1) is 0 Å². The third-order valence-electron chi connectivity index (χ3n) is 4.16. The van der Waals surface area contributed by atoms with Crippen LogP contribution >= 0.6 is 0 Å². The van der Waals surface area contributed by atoms with Crippen LogP contribution in [0.5, 0.6) is 17.2 Å². The Balaban J connectivity index is 1.95. The summed E-state index contributed by atoms with van der Waals surface area (Å²) in [5, 5.41) is 7.21. The summed E-state index contributed by atoms with van der Waals surface area (Å²) in [6.45, 7) is 2.03. The second kappa shape index (κ2) is 7.45. The second-order valence-electron chi connectivity index (χ2n) is 5.85. The van der Waals surface area contributed by atoms with Crippen LogP contribution in [0.3, 0.4) is 0 Å². The van der Waals surface area contributed by atoms with Crippen LogP contribution in [-0.4, -0.2) is 36.5 Å². The number of aryl methyl sites for hydroxylation is 1. The highest BCUT2D eigenvalue weighted by atomic mass is 16.5. The number of ether oxygens (including phenoxy) is 3. The predicted octanol–water partition coefficient (Wildman–Crippen LogP) is 2.85. The molecule has 3 N–H and O–H groups in total. The zero-order valence-electron chi connectivity index (χ0n) is 15.2. The molecular weight excluding hydrogens is 332 g/mol. The van der Waals surface area contributed by atoms with Crippen LogP contribution in [0.2, 0.25) is 0 Å². The van der Waals surface area contributed by atoms with Gasteiger partial charge in [-0.2, -0.15) is 5.10 Å². The molecule has 3 rings (SSSR count). The standard InChI is InChI=1S/C19H22N4O3/c1-11-5-7-12(8-6-11)16(20)19-21-18(22-23-19)13-9-14(24-2)17(26-4)15(10-13)25-3/h5-10,16H,20H2,1-4H3,(H,21,22,23)/t16-/m1/s1. The van der Waals surface area contributed by atoms with E-state index < -0.39 is 0 Å². The molecule has 3 aromatic rings. The Morgan fingerprint density at radius 1 is 0.962 bits per heavy atom. The van der Waals surface area contributed by atoms with Gasteiger partial charge in [0, 0.05) is 5.56 Å². The minimum Gasteiger partial charge on any atom is -0.493 e. The number of H-pyrrole nitrogens is 1. The minimum atomic E-state index is -0.390. The highest BCUT2D eigenvalue weighted by Gasteiger charge is 2.18. The molecule has 0 aliphatic rings. The van der Waals surface area contributed by atoms with E-state index in [1.807, 2.05) is 31.2 Å². The highest BCUT2D eigenvalue weighted by molar-refractivity contribution is 5.66. The second-order valence-corrected chi connectivity index (χ2v) is 5.85. The number of aromatic amines is 1. The first kappa shape index (κ1) is 17.8. The van der Waals surface area contributed by atoms with E-state index in [1.165, 1.54) is 5.56 Å². The molecule has 0 radical (unpaired) electrons. The smallest absolute Gasteiger partial charge is 0.203 e. The third-order valence-corrected chi connectivity index (χ3v) is 4.16. The number of rotatable bonds is 6. The van der Waals surface area contributed by atoms with Gasteiger partial charge in [0.15, 0.2) is 17.3 Å². The summed E-state index contributed by atoms with van der Waals surface area (Å²) in [5.41, 5.74) is 9.19. The zero-order valence-corrected chi connectivity index (χ0v) is 15.2. The first-order chi connectivity index (χ1) is 12.6. The summed E-state index contributed by atoms with van der Waals surface area (Å²) >= 11 is 0. The molecular formula is C19H22N4O3. The van der Waals surface area contributed by atoms with Gasteiger partial charge in [0.25, 0.3) is 0 Å². The minimum absolute atomic E-state index is 0.390. The number of methoxy groups -OCH3 is 3. The van der Waals surface area contributed by atoms with Gasteiger partial charge in [-0.05, 0) is 24.6 Å². The first-order valence-electron chi connectivity index (χ1n) is 8.12. The molecule has 0 aliphatic heterocycles. The maximum Gasteiger partial charge on any atom is 0.203 e. The number of nitrogens with one attached hydrogen (secondary N) is 1. The van der Waals surface area contributed by atoms with Crippen molar-refractivity contribution in [3.63, 3.8) is 0 Å². The lowest BCUT2D eigenvalue weighted by atomic mass is 10.1. The molecule has 0 unspecified atom stereocenters. The van der Waals surface area contributed by atoms with Crippen molar-refractivity contribution in [2.75, 3.05) is 21.3 Å². The lowest BCUT2D eigenvalue weighted by Crippen LogP contribution is -2.13.